The monoisotopic (exact) mass is 743 g/mol. The largest absolute Gasteiger partial charge is 0.416 e. The van der Waals surface area contributed by atoms with Gasteiger partial charge in [-0.3, -0.25) is 19.1 Å². The predicted octanol–water partition coefficient (Wildman–Crippen LogP) is 5.43. The summed E-state index contributed by atoms with van der Waals surface area (Å²) in [6.45, 7) is 4.72. The third-order valence-corrected chi connectivity index (χ3v) is 10.1. The molecule has 51 heavy (non-hydrogen) atoms. The Morgan fingerprint density at radius 3 is 2.57 bits per heavy atom. The molecule has 0 radical (unpaired) electrons. The van der Waals surface area contributed by atoms with Crippen LogP contribution in [0.5, 0.6) is 0 Å². The second kappa shape index (κ2) is 14.8. The second-order valence-electron chi connectivity index (χ2n) is 12.9. The average Bonchev–Trinajstić information content (AvgIpc) is 3.55. The third-order valence-electron chi connectivity index (χ3n) is 9.60. The van der Waals surface area contributed by atoms with Gasteiger partial charge in [0.15, 0.2) is 5.82 Å². The van der Waals surface area contributed by atoms with Crippen LogP contribution in [0.25, 0.3) is 11.4 Å². The Hall–Kier alpha value is -4.28. The molecule has 2 N–H and O–H groups in total. The van der Waals surface area contributed by atoms with Crippen LogP contribution in [-0.2, 0) is 29.4 Å². The van der Waals surface area contributed by atoms with E-state index < -0.39 is 23.1 Å². The molecular formula is C34H37ClF3N9O3S. The number of benzene rings is 1. The summed E-state index contributed by atoms with van der Waals surface area (Å²) in [7, 11) is 0. The van der Waals surface area contributed by atoms with Crippen molar-refractivity contribution in [3.8, 4) is 0 Å². The minimum absolute atomic E-state index is 0.0163. The van der Waals surface area contributed by atoms with E-state index in [1.165, 1.54) is 10.8 Å². The van der Waals surface area contributed by atoms with Crippen molar-refractivity contribution < 1.29 is 22.8 Å². The number of allylic oxidation sites excluding steroid dienone is 1. The fraction of sp³-hybridized carbons (Fsp3) is 0.441. The quantitative estimate of drug-likeness (QED) is 0.193. The van der Waals surface area contributed by atoms with Crippen LogP contribution >= 0.6 is 24.4 Å². The molecule has 1 saturated heterocycles. The first-order chi connectivity index (χ1) is 24.3. The lowest BCUT2D eigenvalue weighted by Gasteiger charge is -2.45. The molecule has 0 saturated carbocycles. The first-order valence-electron chi connectivity index (χ1n) is 16.7. The molecule has 1 aliphatic carbocycles. The zero-order chi connectivity index (χ0) is 36.5. The maximum Gasteiger partial charge on any atom is 0.416 e. The van der Waals surface area contributed by atoms with Crippen LogP contribution in [0, 0.1) is 6.92 Å². The number of amides is 2. The minimum Gasteiger partial charge on any atom is -0.337 e. The van der Waals surface area contributed by atoms with Crippen LogP contribution < -0.4 is 15.6 Å². The second-order valence-corrected chi connectivity index (χ2v) is 13.6. The highest BCUT2D eigenvalue weighted by Crippen LogP contribution is 2.44. The Morgan fingerprint density at radius 1 is 1.14 bits per heavy atom. The van der Waals surface area contributed by atoms with Crippen LogP contribution in [0.4, 0.5) is 18.9 Å². The van der Waals surface area contributed by atoms with Gasteiger partial charge in [-0.05, 0) is 75.3 Å². The van der Waals surface area contributed by atoms with Crippen molar-refractivity contribution in [1.29, 1.82) is 0 Å². The molecule has 2 aliphatic rings. The molecule has 0 bridgehead atoms. The number of fused-ring (bicyclic) bond motifs is 3. The van der Waals surface area contributed by atoms with E-state index in [9.17, 15) is 27.6 Å². The molecule has 0 unspecified atom stereocenters. The molecule has 3 aromatic heterocycles. The van der Waals surface area contributed by atoms with Crippen LogP contribution in [0.3, 0.4) is 0 Å². The maximum atomic E-state index is 14.5. The summed E-state index contributed by atoms with van der Waals surface area (Å²) < 4.78 is 45.5. The summed E-state index contributed by atoms with van der Waals surface area (Å²) >= 11 is 10.2. The SMILES string of the molecule is CCC/C(=C\CNS)c1nc2n(CC(=O)Nc3ccc(C(F)(F)F)cc3Cl)c3c(c(=O)n2n1)C1(CCC3)CCN(C(=O)c2cc(C)ncn2)CC1. The molecule has 0 atom stereocenters. The zero-order valence-corrected chi connectivity index (χ0v) is 29.7. The zero-order valence-electron chi connectivity index (χ0n) is 28.1. The van der Waals surface area contributed by atoms with Gasteiger partial charge in [-0.1, -0.05) is 43.8 Å². The molecule has 4 heterocycles. The Morgan fingerprint density at radius 2 is 1.90 bits per heavy atom. The van der Waals surface area contributed by atoms with Gasteiger partial charge in [0, 0.05) is 42.0 Å². The third kappa shape index (κ3) is 7.39. The van der Waals surface area contributed by atoms with Gasteiger partial charge in [-0.2, -0.15) is 22.7 Å². The molecule has 6 rings (SSSR count). The summed E-state index contributed by atoms with van der Waals surface area (Å²) in [6.07, 6.45) is 3.03. The number of thiol groups is 1. The van der Waals surface area contributed by atoms with E-state index in [1.54, 1.807) is 22.5 Å². The standard InChI is InChI=1S/C34H37ClF3N9O3S/c1-3-5-21(9-13-41-51)29-43-32-46(18-27(48)42-24-8-7-22(17-23(24)35)34(36,37)38)26-6-4-10-33(28(26)31(50)47(32)44-29)11-14-45(15-12-33)30(49)25-16-20(2)39-19-40-25/h7-9,16-17,19,41,51H,3-6,10-15,18H2,1-2H3,(H,42,48)/b21-9+. The highest BCUT2D eigenvalue weighted by atomic mass is 35.5. The molecule has 1 fully saturated rings. The minimum atomic E-state index is -4.60. The summed E-state index contributed by atoms with van der Waals surface area (Å²) in [5, 5.41) is 7.04. The highest BCUT2D eigenvalue weighted by molar-refractivity contribution is 7.78. The number of rotatable bonds is 9. The summed E-state index contributed by atoms with van der Waals surface area (Å²) in [4.78, 5) is 56.2. The predicted molar refractivity (Wildman–Crippen MR) is 189 cm³/mol. The fourth-order valence-corrected chi connectivity index (χ4v) is 7.47. The van der Waals surface area contributed by atoms with Crippen LogP contribution in [-0.4, -0.2) is 65.5 Å². The topological polar surface area (TPSA) is 139 Å². The number of anilines is 1. The Labute approximate surface area is 302 Å². The summed E-state index contributed by atoms with van der Waals surface area (Å²) in [5.41, 5.74) is 1.15. The molecule has 270 valence electrons. The fourth-order valence-electron chi connectivity index (χ4n) is 7.15. The molecule has 1 spiro atoms. The highest BCUT2D eigenvalue weighted by Gasteiger charge is 2.44. The van der Waals surface area contributed by atoms with Crippen molar-refractivity contribution >= 4 is 53.3 Å². The number of hydrogen-bond acceptors (Lipinski definition) is 9. The normalized spacial score (nSPS) is 16.1. The van der Waals surface area contributed by atoms with Crippen LogP contribution in [0.15, 0.2) is 41.5 Å². The van der Waals surface area contributed by atoms with E-state index >= 15 is 0 Å². The molecule has 12 nitrogen and oxygen atoms in total. The number of aryl methyl sites for hydroxylation is 1. The van der Waals surface area contributed by atoms with Crippen LogP contribution in [0.2, 0.25) is 5.02 Å². The number of aromatic nitrogens is 6. The average molecular weight is 744 g/mol. The molecule has 2 amide bonds. The molecular weight excluding hydrogens is 707 g/mol. The lowest BCUT2D eigenvalue weighted by molar-refractivity contribution is -0.137. The number of piperidine rings is 1. The van der Waals surface area contributed by atoms with Gasteiger partial charge in [-0.25, -0.2) is 9.97 Å². The van der Waals surface area contributed by atoms with E-state index in [-0.39, 0.29) is 34.5 Å². The van der Waals surface area contributed by atoms with E-state index in [0.717, 1.165) is 36.6 Å². The number of halogens is 4. The van der Waals surface area contributed by atoms with Crippen molar-refractivity contribution in [2.45, 2.75) is 76.9 Å². The number of carbonyl (C=O) groups is 2. The van der Waals surface area contributed by atoms with Crippen molar-refractivity contribution in [3.63, 3.8) is 0 Å². The first kappa shape index (κ1) is 36.5. The summed E-state index contributed by atoms with van der Waals surface area (Å²) in [5.74, 6) is -0.260. The maximum absolute atomic E-state index is 14.5. The molecule has 1 aliphatic heterocycles. The molecule has 4 aromatic rings. The lowest BCUT2D eigenvalue weighted by Crippen LogP contribution is -2.50. The van der Waals surface area contributed by atoms with Gasteiger partial charge in [-0.15, -0.1) is 5.10 Å². The van der Waals surface area contributed by atoms with Gasteiger partial charge in [0.25, 0.3) is 11.5 Å². The van der Waals surface area contributed by atoms with Gasteiger partial charge in [0.1, 0.15) is 18.6 Å². The number of hydrogen-bond donors (Lipinski definition) is 3. The number of alkyl halides is 3. The summed E-state index contributed by atoms with van der Waals surface area (Å²) in [6, 6.07) is 4.37. The van der Waals surface area contributed by atoms with Gasteiger partial charge in [0.05, 0.1) is 16.3 Å². The Kier molecular flexibility index (Phi) is 10.6. The van der Waals surface area contributed by atoms with Crippen molar-refractivity contribution in [3.05, 3.63) is 86.1 Å². The Bertz CT molecular complexity index is 2070. The lowest BCUT2D eigenvalue weighted by atomic mass is 9.66. The number of nitrogens with zero attached hydrogens (tertiary/aromatic N) is 7. The number of carbonyl (C=O) groups excluding carboxylic acids is 2. The van der Waals surface area contributed by atoms with E-state index in [1.807, 2.05) is 13.0 Å². The van der Waals surface area contributed by atoms with Gasteiger partial charge < -0.3 is 14.8 Å². The molecule has 1 aromatic carbocycles. The first-order valence-corrected chi connectivity index (χ1v) is 17.5. The number of likely N-dealkylation sites (tertiary alicyclic amines) is 1. The van der Waals surface area contributed by atoms with Gasteiger partial charge >= 0.3 is 6.18 Å². The van der Waals surface area contributed by atoms with Crippen LogP contribution in [0.1, 0.15) is 84.3 Å². The van der Waals surface area contributed by atoms with Gasteiger partial charge in [0.2, 0.25) is 11.7 Å². The van der Waals surface area contributed by atoms with Crippen molar-refractivity contribution in [1.82, 2.24) is 38.8 Å². The Balaban J connectivity index is 1.40. The number of nitrogens with one attached hydrogen (secondary N) is 2. The van der Waals surface area contributed by atoms with E-state index in [2.05, 4.69) is 37.9 Å². The van der Waals surface area contributed by atoms with E-state index in [0.29, 0.717) is 80.2 Å². The van der Waals surface area contributed by atoms with Crippen molar-refractivity contribution in [2.24, 2.45) is 0 Å². The van der Waals surface area contributed by atoms with Crippen molar-refractivity contribution in [2.75, 3.05) is 25.0 Å². The molecule has 17 heteroatoms. The van der Waals surface area contributed by atoms with E-state index in [4.69, 9.17) is 16.6 Å². The smallest absolute Gasteiger partial charge is 0.337 e.